The van der Waals surface area contributed by atoms with Crippen LogP contribution in [0.1, 0.15) is 0 Å². The minimum Gasteiger partial charge on any atom is -0.492 e. The molecule has 1 nitrogen and oxygen atoms in total. The van der Waals surface area contributed by atoms with E-state index >= 15 is 0 Å². The minimum atomic E-state index is 0.817. The highest BCUT2D eigenvalue weighted by Crippen LogP contribution is 2.14. The van der Waals surface area contributed by atoms with Gasteiger partial charge in [-0.25, -0.2) is 0 Å². The van der Waals surface area contributed by atoms with Crippen LogP contribution in [0.4, 0.5) is 0 Å². The molecule has 0 atom stereocenters. The van der Waals surface area contributed by atoms with Gasteiger partial charge in [0.25, 0.3) is 0 Å². The topological polar surface area (TPSA) is 9.23 Å². The quantitative estimate of drug-likeness (QED) is 0.595. The third-order valence-electron chi connectivity index (χ3n) is 0.841. The molecule has 0 bridgehead atoms. The summed E-state index contributed by atoms with van der Waals surface area (Å²) in [6, 6.07) is 1.98. The number of rotatable bonds is 3. The zero-order chi connectivity index (χ0) is 6.53. The van der Waals surface area contributed by atoms with Gasteiger partial charge in [-0.1, -0.05) is 22.6 Å². The lowest BCUT2D eigenvalue weighted by Crippen LogP contribution is -1.95. The van der Waals surface area contributed by atoms with E-state index in [4.69, 9.17) is 4.74 Å². The first-order valence-corrected chi connectivity index (χ1v) is 5.11. The maximum absolute atomic E-state index is 5.30. The lowest BCUT2D eigenvalue weighted by atomic mass is 10.6. The zero-order valence-corrected chi connectivity index (χ0v) is 7.81. The highest BCUT2D eigenvalue weighted by Gasteiger charge is 1.89. The van der Waals surface area contributed by atoms with Crippen LogP contribution < -0.4 is 4.74 Å². The van der Waals surface area contributed by atoms with Crippen LogP contribution in [0.3, 0.4) is 0 Å². The molecule has 0 aliphatic rings. The van der Waals surface area contributed by atoms with E-state index in [1.807, 2.05) is 16.8 Å². The number of hydrogen-bond acceptors (Lipinski definition) is 2. The largest absolute Gasteiger partial charge is 0.492 e. The van der Waals surface area contributed by atoms with E-state index < -0.39 is 0 Å². The summed E-state index contributed by atoms with van der Waals surface area (Å²) in [7, 11) is 0. The number of alkyl halides is 1. The second-order valence-corrected chi connectivity index (χ2v) is 3.36. The van der Waals surface area contributed by atoms with Gasteiger partial charge < -0.3 is 4.74 Å². The van der Waals surface area contributed by atoms with Crippen LogP contribution in [0.2, 0.25) is 0 Å². The molecule has 9 heavy (non-hydrogen) atoms. The van der Waals surface area contributed by atoms with E-state index in [1.54, 1.807) is 11.3 Å². The van der Waals surface area contributed by atoms with Gasteiger partial charge in [-0.15, -0.1) is 11.3 Å². The smallest absolute Gasteiger partial charge is 0.129 e. The van der Waals surface area contributed by atoms with Gasteiger partial charge in [0.2, 0.25) is 0 Å². The Bertz CT molecular complexity index is 150. The van der Waals surface area contributed by atoms with Gasteiger partial charge in [0.1, 0.15) is 5.75 Å². The Kier molecular flexibility index (Phi) is 3.35. The molecule has 0 saturated carbocycles. The van der Waals surface area contributed by atoms with Crippen molar-refractivity contribution in [1.29, 1.82) is 0 Å². The molecule has 0 radical (unpaired) electrons. The molecule has 0 spiro atoms. The normalized spacial score (nSPS) is 9.44. The summed E-state index contributed by atoms with van der Waals surface area (Å²) in [5, 5.41) is 4.02. The van der Waals surface area contributed by atoms with Crippen molar-refractivity contribution in [2.24, 2.45) is 0 Å². The summed E-state index contributed by atoms with van der Waals surface area (Å²) < 4.78 is 6.35. The molecule has 0 N–H and O–H groups in total. The van der Waals surface area contributed by atoms with Gasteiger partial charge in [-0.05, 0) is 11.4 Å². The lowest BCUT2D eigenvalue weighted by Gasteiger charge is -1.97. The van der Waals surface area contributed by atoms with Crippen molar-refractivity contribution >= 4 is 33.9 Å². The average Bonchev–Trinajstić information content (AvgIpc) is 2.34. The van der Waals surface area contributed by atoms with Crippen LogP contribution in [0.15, 0.2) is 16.8 Å². The molecule has 0 aliphatic carbocycles. The van der Waals surface area contributed by atoms with Crippen LogP contribution in [0, 0.1) is 0 Å². The molecule has 0 fully saturated rings. The summed E-state index contributed by atoms with van der Waals surface area (Å²) >= 11 is 3.95. The van der Waals surface area contributed by atoms with Gasteiger partial charge in [0.15, 0.2) is 0 Å². The van der Waals surface area contributed by atoms with Crippen LogP contribution in [0.5, 0.6) is 5.75 Å². The van der Waals surface area contributed by atoms with Crippen LogP contribution >= 0.6 is 33.9 Å². The second kappa shape index (κ2) is 4.11. The van der Waals surface area contributed by atoms with Crippen LogP contribution in [-0.2, 0) is 0 Å². The maximum atomic E-state index is 5.30. The van der Waals surface area contributed by atoms with E-state index in [9.17, 15) is 0 Å². The van der Waals surface area contributed by atoms with Gasteiger partial charge >= 0.3 is 0 Å². The Morgan fingerprint density at radius 1 is 1.67 bits per heavy atom. The molecule has 1 aromatic rings. The summed E-state index contributed by atoms with van der Waals surface area (Å²) in [5.41, 5.74) is 0. The summed E-state index contributed by atoms with van der Waals surface area (Å²) in [5.74, 6) is 0.997. The first-order chi connectivity index (χ1) is 4.43. The van der Waals surface area contributed by atoms with Gasteiger partial charge in [-0.2, -0.15) is 0 Å². The van der Waals surface area contributed by atoms with Crippen molar-refractivity contribution in [2.75, 3.05) is 11.0 Å². The SMILES string of the molecule is ICCOc1ccsc1. The molecule has 0 aromatic carbocycles. The first-order valence-electron chi connectivity index (χ1n) is 2.64. The minimum absolute atomic E-state index is 0.817. The predicted molar refractivity (Wildman–Crippen MR) is 48.7 cm³/mol. The monoisotopic (exact) mass is 254 g/mol. The fraction of sp³-hybridized carbons (Fsp3) is 0.333. The highest BCUT2D eigenvalue weighted by molar-refractivity contribution is 14.1. The van der Waals surface area contributed by atoms with E-state index in [-0.39, 0.29) is 0 Å². The molecule has 1 rings (SSSR count). The third kappa shape index (κ3) is 2.53. The number of thiophene rings is 1. The summed E-state index contributed by atoms with van der Waals surface area (Å²) in [4.78, 5) is 0. The Labute approximate surface area is 72.2 Å². The third-order valence-corrected chi connectivity index (χ3v) is 1.94. The molecule has 0 aliphatic heterocycles. The number of hydrogen-bond donors (Lipinski definition) is 0. The Balaban J connectivity index is 2.30. The van der Waals surface area contributed by atoms with Crippen LogP contribution in [0.25, 0.3) is 0 Å². The average molecular weight is 254 g/mol. The van der Waals surface area contributed by atoms with Crippen molar-refractivity contribution in [3.05, 3.63) is 16.8 Å². The first kappa shape index (κ1) is 7.34. The fourth-order valence-corrected chi connectivity index (χ4v) is 1.28. The molecule has 1 heterocycles. The number of halogens is 1. The van der Waals surface area contributed by atoms with E-state index in [0.29, 0.717) is 0 Å². The van der Waals surface area contributed by atoms with Gasteiger partial charge in [-0.3, -0.25) is 0 Å². The molecular formula is C6H7IOS. The summed E-state index contributed by atoms with van der Waals surface area (Å²) in [6.45, 7) is 0.817. The fourth-order valence-electron chi connectivity index (χ4n) is 0.491. The van der Waals surface area contributed by atoms with Crippen molar-refractivity contribution in [3.8, 4) is 5.75 Å². The van der Waals surface area contributed by atoms with Crippen molar-refractivity contribution in [2.45, 2.75) is 0 Å². The van der Waals surface area contributed by atoms with E-state index in [1.165, 1.54) is 0 Å². The highest BCUT2D eigenvalue weighted by atomic mass is 127. The van der Waals surface area contributed by atoms with Crippen LogP contribution in [-0.4, -0.2) is 11.0 Å². The number of ether oxygens (including phenoxy) is 1. The standard InChI is InChI=1S/C6H7IOS/c7-2-3-8-6-1-4-9-5-6/h1,4-5H,2-3H2. The predicted octanol–water partition coefficient (Wildman–Crippen LogP) is 2.56. The summed E-state index contributed by atoms with van der Waals surface area (Å²) in [6.07, 6.45) is 0. The Hall–Kier alpha value is 0.230. The lowest BCUT2D eigenvalue weighted by molar-refractivity contribution is 0.348. The Morgan fingerprint density at radius 3 is 3.11 bits per heavy atom. The van der Waals surface area contributed by atoms with Gasteiger partial charge in [0.05, 0.1) is 6.61 Å². The van der Waals surface area contributed by atoms with Crippen molar-refractivity contribution in [1.82, 2.24) is 0 Å². The van der Waals surface area contributed by atoms with Gasteiger partial charge in [0, 0.05) is 9.81 Å². The Morgan fingerprint density at radius 2 is 2.56 bits per heavy atom. The maximum Gasteiger partial charge on any atom is 0.129 e. The second-order valence-electron chi connectivity index (χ2n) is 1.50. The molecule has 3 heteroatoms. The van der Waals surface area contributed by atoms with E-state index in [0.717, 1.165) is 16.8 Å². The molecule has 0 unspecified atom stereocenters. The van der Waals surface area contributed by atoms with Crippen molar-refractivity contribution in [3.63, 3.8) is 0 Å². The zero-order valence-electron chi connectivity index (χ0n) is 4.84. The molecule has 1 aromatic heterocycles. The molecular weight excluding hydrogens is 247 g/mol. The van der Waals surface area contributed by atoms with Crippen molar-refractivity contribution < 1.29 is 4.74 Å². The molecule has 0 saturated heterocycles. The molecule has 0 amide bonds. The van der Waals surface area contributed by atoms with E-state index in [2.05, 4.69) is 22.6 Å². The molecule has 50 valence electrons.